The van der Waals surface area contributed by atoms with Gasteiger partial charge in [0.2, 0.25) is 0 Å². The number of unbranched alkanes of at least 4 members (excludes halogenated alkanes) is 1. The van der Waals surface area contributed by atoms with Crippen LogP contribution < -0.4 is 15.3 Å². The van der Waals surface area contributed by atoms with Crippen LogP contribution >= 0.6 is 18.0 Å². The molecular formula is C29H41N4PS. The Hall–Kier alpha value is -2.33. The standard InChI is InChI=1S/C29H41N4PS/c1-22-14-8-10-16-26(22)24(3)20-29(33-25(4)27(34-5)21-31-33)30-18-12-13-19-32-35(6,7)28-17-11-9-15-23(28)2/h9,11,14-17,20-21,30,32,34H,3,6-8,10,12-13,18-19H2,1-2,4-5H3/b29-20-. The Morgan fingerprint density at radius 3 is 2.51 bits per heavy atom. The molecule has 4 nitrogen and oxygen atoms in total. The number of aryl methyl sites for hydroxylation is 1. The van der Waals surface area contributed by atoms with E-state index in [0.717, 1.165) is 58.7 Å². The SMILES string of the molecule is C=C(/C=C(/NCCCCNS(=C)(=C)c1ccccc1C)n1ncc(PC)c1C)C1=CCCC=C1C. The van der Waals surface area contributed by atoms with Gasteiger partial charge in [-0.25, -0.2) is 4.68 Å². The van der Waals surface area contributed by atoms with E-state index in [1.54, 1.807) is 0 Å². The number of hydrogen-bond donors (Lipinski definition) is 2. The molecule has 0 amide bonds. The molecule has 35 heavy (non-hydrogen) atoms. The average molecular weight is 509 g/mol. The van der Waals surface area contributed by atoms with Crippen LogP contribution in [-0.4, -0.2) is 41.3 Å². The van der Waals surface area contributed by atoms with Crippen molar-refractivity contribution in [3.63, 3.8) is 0 Å². The quantitative estimate of drug-likeness (QED) is 0.159. The highest BCUT2D eigenvalue weighted by atomic mass is 32.2. The van der Waals surface area contributed by atoms with Gasteiger partial charge in [0.15, 0.2) is 0 Å². The minimum absolute atomic E-state index is 0.723. The summed E-state index contributed by atoms with van der Waals surface area (Å²) in [6, 6.07) is 8.39. The zero-order chi connectivity index (χ0) is 25.4. The number of aromatic nitrogens is 2. The van der Waals surface area contributed by atoms with Crippen molar-refractivity contribution in [2.75, 3.05) is 19.8 Å². The molecule has 0 aliphatic heterocycles. The summed E-state index contributed by atoms with van der Waals surface area (Å²) in [5.74, 6) is 9.78. The fraction of sp³-hybridized carbons (Fsp3) is 0.345. The normalized spacial score (nSPS) is 14.8. The van der Waals surface area contributed by atoms with Crippen LogP contribution in [0.2, 0.25) is 0 Å². The summed E-state index contributed by atoms with van der Waals surface area (Å²) in [5.41, 5.74) is 6.00. The van der Waals surface area contributed by atoms with E-state index in [1.165, 1.54) is 32.6 Å². The van der Waals surface area contributed by atoms with Crippen LogP contribution in [0, 0.1) is 13.8 Å². The van der Waals surface area contributed by atoms with Crippen molar-refractivity contribution >= 4 is 40.8 Å². The molecule has 1 aromatic heterocycles. The van der Waals surface area contributed by atoms with Crippen LogP contribution in [0.1, 0.15) is 43.9 Å². The van der Waals surface area contributed by atoms with E-state index in [-0.39, 0.29) is 0 Å². The van der Waals surface area contributed by atoms with E-state index in [2.05, 4.69) is 103 Å². The monoisotopic (exact) mass is 508 g/mol. The molecule has 188 valence electrons. The molecule has 0 bridgehead atoms. The smallest absolute Gasteiger partial charge is 0.128 e. The highest BCUT2D eigenvalue weighted by Crippen LogP contribution is 2.30. The lowest BCUT2D eigenvalue weighted by Gasteiger charge is -2.19. The summed E-state index contributed by atoms with van der Waals surface area (Å²) in [6.07, 6.45) is 13.0. The number of benzene rings is 1. The molecule has 0 saturated carbocycles. The van der Waals surface area contributed by atoms with Crippen molar-refractivity contribution in [3.8, 4) is 0 Å². The van der Waals surface area contributed by atoms with Crippen molar-refractivity contribution in [2.24, 2.45) is 0 Å². The van der Waals surface area contributed by atoms with Gasteiger partial charge in [0.25, 0.3) is 0 Å². The van der Waals surface area contributed by atoms with Gasteiger partial charge in [-0.1, -0.05) is 57.3 Å². The number of nitrogens with one attached hydrogen (secondary N) is 2. The summed E-state index contributed by atoms with van der Waals surface area (Å²) < 4.78 is 5.64. The lowest BCUT2D eigenvalue weighted by atomic mass is 9.93. The Balaban J connectivity index is 1.62. The minimum Gasteiger partial charge on any atom is -0.370 e. The molecule has 1 atom stereocenters. The zero-order valence-electron chi connectivity index (χ0n) is 21.8. The first kappa shape index (κ1) is 27.3. The topological polar surface area (TPSA) is 41.9 Å². The fourth-order valence-electron chi connectivity index (χ4n) is 4.32. The van der Waals surface area contributed by atoms with Crippen LogP contribution in [0.4, 0.5) is 0 Å². The van der Waals surface area contributed by atoms with Crippen molar-refractivity contribution in [2.45, 2.75) is 51.3 Å². The minimum atomic E-state index is -1.50. The van der Waals surface area contributed by atoms with Gasteiger partial charge >= 0.3 is 0 Å². The maximum atomic E-state index is 4.69. The molecular weight excluding hydrogens is 467 g/mol. The first-order valence-electron chi connectivity index (χ1n) is 12.3. The highest BCUT2D eigenvalue weighted by molar-refractivity contribution is 8.26. The van der Waals surface area contributed by atoms with E-state index in [4.69, 9.17) is 0 Å². The summed E-state index contributed by atoms with van der Waals surface area (Å²) >= 11 is 0. The van der Waals surface area contributed by atoms with Gasteiger partial charge in [-0.2, -0.15) is 5.10 Å². The maximum absolute atomic E-state index is 4.69. The first-order chi connectivity index (χ1) is 16.7. The molecule has 1 aliphatic carbocycles. The number of hydrogen-bond acceptors (Lipinski definition) is 3. The van der Waals surface area contributed by atoms with Crippen molar-refractivity contribution in [1.82, 2.24) is 19.8 Å². The van der Waals surface area contributed by atoms with Crippen LogP contribution in [0.3, 0.4) is 0 Å². The Morgan fingerprint density at radius 2 is 1.83 bits per heavy atom. The lowest BCUT2D eigenvalue weighted by molar-refractivity contribution is 0.670. The average Bonchev–Trinajstić information content (AvgIpc) is 3.21. The zero-order valence-corrected chi connectivity index (χ0v) is 23.6. The van der Waals surface area contributed by atoms with E-state index in [0.29, 0.717) is 0 Å². The summed E-state index contributed by atoms with van der Waals surface area (Å²) in [4.78, 5) is 1.23. The van der Waals surface area contributed by atoms with Gasteiger partial charge in [0.1, 0.15) is 5.82 Å². The number of allylic oxidation sites excluding steroid dienone is 6. The van der Waals surface area contributed by atoms with E-state index in [1.807, 2.05) is 10.9 Å². The molecule has 1 heterocycles. The van der Waals surface area contributed by atoms with E-state index in [9.17, 15) is 0 Å². The molecule has 2 aromatic rings. The fourth-order valence-corrected chi connectivity index (χ4v) is 6.69. The van der Waals surface area contributed by atoms with Crippen molar-refractivity contribution < 1.29 is 0 Å². The van der Waals surface area contributed by atoms with Gasteiger partial charge < -0.3 is 5.32 Å². The maximum Gasteiger partial charge on any atom is 0.128 e. The second-order valence-corrected chi connectivity index (χ2v) is 12.7. The predicted octanol–water partition coefficient (Wildman–Crippen LogP) is 6.06. The molecule has 3 rings (SSSR count). The van der Waals surface area contributed by atoms with Crippen LogP contribution in [0.5, 0.6) is 0 Å². The number of rotatable bonds is 12. The Bertz CT molecular complexity index is 1250. The molecule has 0 radical (unpaired) electrons. The van der Waals surface area contributed by atoms with E-state index >= 15 is 0 Å². The highest BCUT2D eigenvalue weighted by Gasteiger charge is 2.12. The summed E-state index contributed by atoms with van der Waals surface area (Å²) in [6.45, 7) is 14.8. The largest absolute Gasteiger partial charge is 0.370 e. The van der Waals surface area contributed by atoms with E-state index < -0.39 is 9.39 Å². The Labute approximate surface area is 214 Å². The molecule has 6 heteroatoms. The number of nitrogens with zero attached hydrogens (tertiary/aromatic N) is 2. The van der Waals surface area contributed by atoms with Gasteiger partial charge in [-0.3, -0.25) is 4.72 Å². The molecule has 0 saturated heterocycles. The Morgan fingerprint density at radius 1 is 1.11 bits per heavy atom. The van der Waals surface area contributed by atoms with Gasteiger partial charge in [-0.05, 0) is 87.5 Å². The second kappa shape index (κ2) is 12.6. The van der Waals surface area contributed by atoms with Gasteiger partial charge in [0, 0.05) is 23.3 Å². The summed E-state index contributed by atoms with van der Waals surface area (Å²) in [5, 5.41) is 9.62. The molecule has 1 aliphatic rings. The molecule has 2 N–H and O–H groups in total. The Kier molecular flexibility index (Phi) is 9.80. The van der Waals surface area contributed by atoms with Gasteiger partial charge in [-0.15, -0.1) is 9.39 Å². The summed E-state index contributed by atoms with van der Waals surface area (Å²) in [7, 11) is -0.772. The van der Waals surface area contributed by atoms with Crippen LogP contribution in [0.25, 0.3) is 5.82 Å². The predicted molar refractivity (Wildman–Crippen MR) is 162 cm³/mol. The molecule has 0 spiro atoms. The van der Waals surface area contributed by atoms with Gasteiger partial charge in [0.05, 0.1) is 11.9 Å². The molecule has 0 fully saturated rings. The first-order valence-corrected chi connectivity index (χ1v) is 15.8. The molecule has 1 unspecified atom stereocenters. The molecule has 1 aromatic carbocycles. The second-order valence-electron chi connectivity index (χ2n) is 9.12. The lowest BCUT2D eigenvalue weighted by Crippen LogP contribution is -2.22. The third-order valence-electron chi connectivity index (χ3n) is 6.36. The van der Waals surface area contributed by atoms with Crippen LogP contribution in [0.15, 0.2) is 76.9 Å². The van der Waals surface area contributed by atoms with Crippen molar-refractivity contribution in [1.29, 1.82) is 0 Å². The third kappa shape index (κ3) is 7.10. The third-order valence-corrected chi connectivity index (χ3v) is 9.44. The van der Waals surface area contributed by atoms with Crippen molar-refractivity contribution in [3.05, 3.63) is 83.2 Å². The van der Waals surface area contributed by atoms with Crippen LogP contribution in [-0.2, 0) is 0 Å².